The van der Waals surface area contributed by atoms with Crippen LogP contribution in [0.3, 0.4) is 0 Å². The molecule has 2 N–H and O–H groups in total. The second kappa shape index (κ2) is 9.27. The van der Waals surface area contributed by atoms with Crippen molar-refractivity contribution in [1.82, 2.24) is 15.2 Å². The van der Waals surface area contributed by atoms with Gasteiger partial charge in [-0.1, -0.05) is 49.2 Å². The summed E-state index contributed by atoms with van der Waals surface area (Å²) in [5, 5.41) is 14.8. The van der Waals surface area contributed by atoms with Crippen LogP contribution in [0.4, 0.5) is 0 Å². The predicted molar refractivity (Wildman–Crippen MR) is 118 cm³/mol. The summed E-state index contributed by atoms with van der Waals surface area (Å²) >= 11 is 0. The number of hydrogen-bond acceptors (Lipinski definition) is 4. The Hall–Kier alpha value is -2.24. The molecule has 2 aliphatic rings. The van der Waals surface area contributed by atoms with E-state index in [2.05, 4.69) is 27.3 Å². The van der Waals surface area contributed by atoms with Crippen molar-refractivity contribution in [3.05, 3.63) is 65.5 Å². The van der Waals surface area contributed by atoms with Crippen LogP contribution in [0.5, 0.6) is 0 Å². The van der Waals surface area contributed by atoms with E-state index in [0.717, 1.165) is 75.1 Å². The lowest BCUT2D eigenvalue weighted by atomic mass is 9.79. The number of nitrogens with zero attached hydrogens (tertiary/aromatic N) is 2. The van der Waals surface area contributed by atoms with Crippen LogP contribution in [0, 0.1) is 12.8 Å². The van der Waals surface area contributed by atoms with Crippen molar-refractivity contribution in [2.45, 2.75) is 63.6 Å². The zero-order valence-electron chi connectivity index (χ0n) is 17.9. The molecule has 5 nitrogen and oxygen atoms in total. The van der Waals surface area contributed by atoms with Gasteiger partial charge < -0.3 is 10.4 Å². The molecule has 1 aromatic carbocycles. The summed E-state index contributed by atoms with van der Waals surface area (Å²) in [4.78, 5) is 20.3. The summed E-state index contributed by atoms with van der Waals surface area (Å²) in [5.74, 6) is -0.230. The molecule has 0 spiro atoms. The summed E-state index contributed by atoms with van der Waals surface area (Å²) in [6, 6.07) is 15.8. The molecule has 30 heavy (non-hydrogen) atoms. The van der Waals surface area contributed by atoms with E-state index in [1.807, 2.05) is 43.3 Å². The van der Waals surface area contributed by atoms with E-state index in [1.165, 1.54) is 0 Å². The van der Waals surface area contributed by atoms with Crippen molar-refractivity contribution >= 4 is 5.91 Å². The third kappa shape index (κ3) is 4.57. The molecule has 1 amide bonds. The Labute approximate surface area is 179 Å². The highest BCUT2D eigenvalue weighted by Crippen LogP contribution is 2.41. The zero-order valence-corrected chi connectivity index (χ0v) is 17.9. The third-order valence-corrected chi connectivity index (χ3v) is 6.76. The number of aliphatic hydroxyl groups is 1. The number of amides is 1. The molecule has 1 aliphatic carbocycles. The van der Waals surface area contributed by atoms with E-state index in [0.29, 0.717) is 0 Å². The number of aromatic nitrogens is 1. The maximum atomic E-state index is 13.3. The monoisotopic (exact) mass is 407 g/mol. The van der Waals surface area contributed by atoms with Crippen molar-refractivity contribution in [3.63, 3.8) is 0 Å². The van der Waals surface area contributed by atoms with Crippen LogP contribution in [-0.4, -0.2) is 40.0 Å². The van der Waals surface area contributed by atoms with Crippen LogP contribution in [0.2, 0.25) is 0 Å². The van der Waals surface area contributed by atoms with Gasteiger partial charge in [-0.25, -0.2) is 0 Å². The van der Waals surface area contributed by atoms with E-state index in [1.54, 1.807) is 0 Å². The van der Waals surface area contributed by atoms with E-state index in [-0.39, 0.29) is 17.9 Å². The van der Waals surface area contributed by atoms with E-state index >= 15 is 0 Å². The van der Waals surface area contributed by atoms with Gasteiger partial charge in [0.25, 0.3) is 5.91 Å². The highest BCUT2D eigenvalue weighted by molar-refractivity contribution is 5.87. The van der Waals surface area contributed by atoms with Crippen LogP contribution >= 0.6 is 0 Å². The second-order valence-corrected chi connectivity index (χ2v) is 8.91. The molecule has 1 atom stereocenters. The fourth-order valence-electron chi connectivity index (χ4n) is 5.04. The number of piperidine rings is 1. The van der Waals surface area contributed by atoms with Crippen LogP contribution in [0.25, 0.3) is 0 Å². The molecule has 2 fully saturated rings. The first kappa shape index (κ1) is 21.0. The van der Waals surface area contributed by atoms with Gasteiger partial charge in [0, 0.05) is 37.3 Å². The SMILES string of the molecule is Cc1cccc(CN2CCC(NC(=O)C(O)(c3ccccc3)C3CCCC3)CC2)n1. The first-order valence-electron chi connectivity index (χ1n) is 11.3. The van der Waals surface area contributed by atoms with Crippen LogP contribution < -0.4 is 5.32 Å². The van der Waals surface area contributed by atoms with Gasteiger partial charge >= 0.3 is 0 Å². The lowest BCUT2D eigenvalue weighted by molar-refractivity contribution is -0.148. The minimum atomic E-state index is -1.43. The Bertz CT molecular complexity index is 842. The first-order chi connectivity index (χ1) is 14.6. The van der Waals surface area contributed by atoms with Gasteiger partial charge in [0.05, 0.1) is 5.69 Å². The highest BCUT2D eigenvalue weighted by atomic mass is 16.3. The smallest absolute Gasteiger partial charge is 0.257 e. The van der Waals surface area contributed by atoms with Gasteiger partial charge in [0.2, 0.25) is 0 Å². The van der Waals surface area contributed by atoms with Crippen molar-refractivity contribution in [2.75, 3.05) is 13.1 Å². The van der Waals surface area contributed by atoms with Crippen molar-refractivity contribution in [1.29, 1.82) is 0 Å². The molecular formula is C25H33N3O2. The molecule has 160 valence electrons. The molecule has 1 unspecified atom stereocenters. The predicted octanol–water partition coefficient (Wildman–Crippen LogP) is 3.55. The molecule has 1 aromatic heterocycles. The lowest BCUT2D eigenvalue weighted by Gasteiger charge is -2.37. The van der Waals surface area contributed by atoms with Gasteiger partial charge in [0.1, 0.15) is 0 Å². The number of carbonyl (C=O) groups excluding carboxylic acids is 1. The number of rotatable bonds is 6. The molecule has 5 heteroatoms. The zero-order chi connectivity index (χ0) is 21.0. The van der Waals surface area contributed by atoms with Crippen molar-refractivity contribution in [2.24, 2.45) is 5.92 Å². The standard InChI is InChI=1S/C25H33N3O2/c1-19-8-7-13-23(26-19)18-28-16-14-22(15-17-28)27-24(29)25(30,21-11-5-6-12-21)20-9-3-2-4-10-20/h2-4,7-10,13,21-22,30H,5-6,11-12,14-18H2,1H3,(H,27,29). The molecule has 2 heterocycles. The van der Waals surface area contributed by atoms with Gasteiger partial charge in [0.15, 0.2) is 5.60 Å². The number of nitrogens with one attached hydrogen (secondary N) is 1. The largest absolute Gasteiger partial charge is 0.375 e. The number of aryl methyl sites for hydroxylation is 1. The molecular weight excluding hydrogens is 374 g/mol. The van der Waals surface area contributed by atoms with Crippen LogP contribution in [-0.2, 0) is 16.9 Å². The van der Waals surface area contributed by atoms with E-state index in [4.69, 9.17) is 0 Å². The minimum Gasteiger partial charge on any atom is -0.375 e. The van der Waals surface area contributed by atoms with E-state index < -0.39 is 5.60 Å². The topological polar surface area (TPSA) is 65.5 Å². The average molecular weight is 408 g/mol. The number of likely N-dealkylation sites (tertiary alicyclic amines) is 1. The fraction of sp³-hybridized carbons (Fsp3) is 0.520. The van der Waals surface area contributed by atoms with Crippen LogP contribution in [0.1, 0.15) is 55.5 Å². The second-order valence-electron chi connectivity index (χ2n) is 8.91. The molecule has 0 radical (unpaired) electrons. The maximum absolute atomic E-state index is 13.3. The Morgan fingerprint density at radius 2 is 1.77 bits per heavy atom. The quantitative estimate of drug-likeness (QED) is 0.769. The fourth-order valence-corrected chi connectivity index (χ4v) is 5.04. The molecule has 1 saturated carbocycles. The normalized spacial score (nSPS) is 20.7. The summed E-state index contributed by atoms with van der Waals surface area (Å²) in [7, 11) is 0. The molecule has 0 bridgehead atoms. The summed E-state index contributed by atoms with van der Waals surface area (Å²) in [6.07, 6.45) is 5.76. The molecule has 2 aromatic rings. The van der Waals surface area contributed by atoms with Gasteiger partial charge in [-0.15, -0.1) is 0 Å². The number of carbonyl (C=O) groups is 1. The number of hydrogen-bond donors (Lipinski definition) is 2. The Balaban J connectivity index is 1.38. The Morgan fingerprint density at radius 3 is 2.43 bits per heavy atom. The third-order valence-electron chi connectivity index (χ3n) is 6.76. The molecule has 1 aliphatic heterocycles. The summed E-state index contributed by atoms with van der Waals surface area (Å²) in [5.41, 5.74) is 1.43. The number of benzene rings is 1. The summed E-state index contributed by atoms with van der Waals surface area (Å²) < 4.78 is 0. The molecule has 4 rings (SSSR count). The van der Waals surface area contributed by atoms with Crippen LogP contribution in [0.15, 0.2) is 48.5 Å². The summed E-state index contributed by atoms with van der Waals surface area (Å²) in [6.45, 7) is 4.71. The first-order valence-corrected chi connectivity index (χ1v) is 11.3. The van der Waals surface area contributed by atoms with Gasteiger partial charge in [-0.2, -0.15) is 0 Å². The highest BCUT2D eigenvalue weighted by Gasteiger charge is 2.46. The van der Waals surface area contributed by atoms with E-state index in [9.17, 15) is 9.90 Å². The average Bonchev–Trinajstić information content (AvgIpc) is 3.31. The lowest BCUT2D eigenvalue weighted by Crippen LogP contribution is -2.54. The Kier molecular flexibility index (Phi) is 6.49. The van der Waals surface area contributed by atoms with Gasteiger partial charge in [-0.3, -0.25) is 14.7 Å². The maximum Gasteiger partial charge on any atom is 0.257 e. The Morgan fingerprint density at radius 1 is 1.07 bits per heavy atom. The number of pyridine rings is 1. The van der Waals surface area contributed by atoms with Gasteiger partial charge in [-0.05, 0) is 50.3 Å². The van der Waals surface area contributed by atoms with Crippen molar-refractivity contribution < 1.29 is 9.90 Å². The van der Waals surface area contributed by atoms with Crippen molar-refractivity contribution in [3.8, 4) is 0 Å². The molecule has 1 saturated heterocycles. The minimum absolute atomic E-state index is 0.00705.